The van der Waals surface area contributed by atoms with E-state index >= 15 is 0 Å². The van der Waals surface area contributed by atoms with E-state index in [2.05, 4.69) is 21.3 Å². The Morgan fingerprint density at radius 3 is 1.71 bits per heavy atom. The number of rotatable bonds is 16. The number of benzene rings is 1. The van der Waals surface area contributed by atoms with Crippen molar-refractivity contribution in [2.45, 2.75) is 82.5 Å². The highest BCUT2D eigenvalue weighted by atomic mass is 16.3. The smallest absolute Gasteiger partial charge is 0.245 e. The van der Waals surface area contributed by atoms with Gasteiger partial charge in [0, 0.05) is 6.42 Å². The number of phenolic OH excluding ortho intramolecular Hbond substituents is 1. The Bertz CT molecular complexity index is 1100. The van der Waals surface area contributed by atoms with Crippen molar-refractivity contribution in [3.8, 4) is 5.75 Å². The average molecular weight is 582 g/mol. The van der Waals surface area contributed by atoms with E-state index in [4.69, 9.17) is 17.2 Å². The number of primary amides is 2. The lowest BCUT2D eigenvalue weighted by atomic mass is 10.0. The van der Waals surface area contributed by atoms with Gasteiger partial charge in [-0.05, 0) is 38.0 Å². The first-order valence-corrected chi connectivity index (χ1v) is 12.8. The summed E-state index contributed by atoms with van der Waals surface area (Å²) in [7, 11) is 0. The Morgan fingerprint density at radius 1 is 0.756 bits per heavy atom. The zero-order valence-electron chi connectivity index (χ0n) is 23.0. The molecule has 1 aromatic carbocycles. The summed E-state index contributed by atoms with van der Waals surface area (Å²) >= 11 is 0. The number of aliphatic hydroxyl groups excluding tert-OH is 2. The number of hydrogen-bond donors (Lipinski definition) is 10. The second-order valence-corrected chi connectivity index (χ2v) is 9.53. The van der Waals surface area contributed by atoms with Crippen LogP contribution in [-0.2, 0) is 35.2 Å². The molecule has 0 bridgehead atoms. The Balaban J connectivity index is 3.25. The topological polar surface area (TPSA) is 289 Å². The van der Waals surface area contributed by atoms with Crippen molar-refractivity contribution in [2.75, 3.05) is 0 Å². The molecule has 228 valence electrons. The zero-order chi connectivity index (χ0) is 31.4. The Labute approximate surface area is 236 Å². The molecule has 0 aliphatic heterocycles. The molecule has 0 saturated carbocycles. The number of nitrogens with two attached hydrogens (primary N) is 3. The normalized spacial score (nSPS) is 16.0. The number of carbonyl (C=O) groups is 6. The quantitative estimate of drug-likeness (QED) is 0.0896. The molecule has 6 amide bonds. The molecule has 7 atom stereocenters. The van der Waals surface area contributed by atoms with Gasteiger partial charge in [-0.15, -0.1) is 0 Å². The molecule has 0 aliphatic carbocycles. The zero-order valence-corrected chi connectivity index (χ0v) is 23.0. The predicted octanol–water partition coefficient (Wildman–Crippen LogP) is -4.27. The van der Waals surface area contributed by atoms with Gasteiger partial charge in [-0.25, -0.2) is 0 Å². The predicted molar refractivity (Wildman–Crippen MR) is 144 cm³/mol. The van der Waals surface area contributed by atoms with Crippen molar-refractivity contribution in [3.05, 3.63) is 29.8 Å². The van der Waals surface area contributed by atoms with Crippen LogP contribution in [0.5, 0.6) is 5.75 Å². The molecule has 0 fully saturated rings. The van der Waals surface area contributed by atoms with Gasteiger partial charge in [0.15, 0.2) is 0 Å². The van der Waals surface area contributed by atoms with Crippen LogP contribution >= 0.6 is 0 Å². The minimum atomic E-state index is -1.66. The fraction of sp³-hybridized carbons (Fsp3) is 0.520. The highest BCUT2D eigenvalue weighted by molar-refractivity contribution is 5.97. The van der Waals surface area contributed by atoms with Crippen LogP contribution in [0, 0.1) is 0 Å². The summed E-state index contributed by atoms with van der Waals surface area (Å²) in [6, 6.07) is -1.54. The summed E-state index contributed by atoms with van der Waals surface area (Å²) in [6.07, 6.45) is -3.49. The highest BCUT2D eigenvalue weighted by Gasteiger charge is 2.34. The third-order valence-corrected chi connectivity index (χ3v) is 5.97. The van der Waals surface area contributed by atoms with Crippen LogP contribution in [0.15, 0.2) is 24.3 Å². The Morgan fingerprint density at radius 2 is 1.24 bits per heavy atom. The van der Waals surface area contributed by atoms with E-state index in [0.29, 0.717) is 5.56 Å². The maximum atomic E-state index is 13.2. The van der Waals surface area contributed by atoms with E-state index in [0.717, 1.165) is 0 Å². The molecule has 0 radical (unpaired) electrons. The number of aliphatic hydroxyl groups is 2. The summed E-state index contributed by atoms with van der Waals surface area (Å²) in [5.74, 6) is -5.88. The minimum Gasteiger partial charge on any atom is -0.508 e. The van der Waals surface area contributed by atoms with Crippen LogP contribution in [0.4, 0.5) is 0 Å². The van der Waals surface area contributed by atoms with Crippen LogP contribution in [0.2, 0.25) is 0 Å². The molecule has 1 aromatic rings. The Hall–Kier alpha value is -4.28. The molecule has 0 aliphatic rings. The van der Waals surface area contributed by atoms with E-state index in [1.165, 1.54) is 38.1 Å². The SMILES string of the molecule is CCC(N)C(=O)NC(C(=O)NC(CC(N)=O)C(=O)NC(Cc1ccc(O)cc1)C(=O)NC(C(N)=O)C(C)O)C(C)O. The number of phenols is 1. The van der Waals surface area contributed by atoms with Crippen LogP contribution in [0.1, 0.15) is 39.2 Å². The van der Waals surface area contributed by atoms with Crippen molar-refractivity contribution in [2.24, 2.45) is 17.2 Å². The van der Waals surface area contributed by atoms with E-state index in [-0.39, 0.29) is 18.6 Å². The fourth-order valence-corrected chi connectivity index (χ4v) is 3.56. The number of nitrogens with one attached hydrogen (secondary N) is 4. The van der Waals surface area contributed by atoms with E-state index < -0.39 is 84.3 Å². The lowest BCUT2D eigenvalue weighted by molar-refractivity contribution is -0.137. The molecular weight excluding hydrogens is 542 g/mol. The summed E-state index contributed by atoms with van der Waals surface area (Å²) < 4.78 is 0. The van der Waals surface area contributed by atoms with Gasteiger partial charge in [0.25, 0.3) is 0 Å². The van der Waals surface area contributed by atoms with Gasteiger partial charge in [0.05, 0.1) is 24.7 Å². The maximum absolute atomic E-state index is 13.2. The molecule has 16 nitrogen and oxygen atoms in total. The third-order valence-electron chi connectivity index (χ3n) is 5.97. The molecule has 1 rings (SSSR count). The van der Waals surface area contributed by atoms with Gasteiger partial charge >= 0.3 is 0 Å². The summed E-state index contributed by atoms with van der Waals surface area (Å²) in [6.45, 7) is 4.05. The van der Waals surface area contributed by atoms with Gasteiger partial charge in [0.2, 0.25) is 35.4 Å². The lowest BCUT2D eigenvalue weighted by Crippen LogP contribution is -2.61. The molecule has 0 aromatic heterocycles. The van der Waals surface area contributed by atoms with Crippen molar-refractivity contribution in [1.82, 2.24) is 21.3 Å². The second-order valence-electron chi connectivity index (χ2n) is 9.53. The van der Waals surface area contributed by atoms with Gasteiger partial charge < -0.3 is 53.8 Å². The van der Waals surface area contributed by atoms with E-state index in [1.807, 2.05) is 0 Å². The highest BCUT2D eigenvalue weighted by Crippen LogP contribution is 2.12. The van der Waals surface area contributed by atoms with Crippen LogP contribution in [0.3, 0.4) is 0 Å². The standard InChI is InChI=1S/C25H39N7O9/c1-4-15(26)22(38)32-20(12(3)34)25(41)30-17(10-18(27)36)23(39)29-16(9-13-5-7-14(35)8-6-13)24(40)31-19(11(2)33)21(28)37/h5-8,11-12,15-17,19-20,33-35H,4,9-10,26H2,1-3H3,(H2,27,36)(H2,28,37)(H,29,39)(H,30,41)(H,31,40)(H,32,38). The first kappa shape index (κ1) is 34.7. The molecule has 7 unspecified atom stereocenters. The van der Waals surface area contributed by atoms with Gasteiger partial charge in [0.1, 0.15) is 29.9 Å². The first-order valence-electron chi connectivity index (χ1n) is 12.8. The summed E-state index contributed by atoms with van der Waals surface area (Å²) in [5.41, 5.74) is 16.6. The van der Waals surface area contributed by atoms with Crippen molar-refractivity contribution in [3.63, 3.8) is 0 Å². The van der Waals surface area contributed by atoms with E-state index in [9.17, 15) is 44.1 Å². The summed E-state index contributed by atoms with van der Waals surface area (Å²) in [5, 5.41) is 38.6. The monoisotopic (exact) mass is 581 g/mol. The van der Waals surface area contributed by atoms with Crippen molar-refractivity contribution >= 4 is 35.4 Å². The molecule has 16 heteroatoms. The number of aromatic hydroxyl groups is 1. The molecule has 0 spiro atoms. The van der Waals surface area contributed by atoms with Crippen molar-refractivity contribution < 1.29 is 44.1 Å². The Kier molecular flexibility index (Phi) is 13.6. The average Bonchev–Trinajstić information content (AvgIpc) is 2.88. The van der Waals surface area contributed by atoms with Gasteiger partial charge in [-0.1, -0.05) is 19.1 Å². The number of amides is 6. The second kappa shape index (κ2) is 16.1. The molecular formula is C25H39N7O9. The fourth-order valence-electron chi connectivity index (χ4n) is 3.56. The van der Waals surface area contributed by atoms with Crippen LogP contribution in [-0.4, -0.2) is 93.2 Å². The molecule has 0 saturated heterocycles. The molecule has 13 N–H and O–H groups in total. The lowest BCUT2D eigenvalue weighted by Gasteiger charge is -2.27. The third kappa shape index (κ3) is 11.4. The molecule has 0 heterocycles. The van der Waals surface area contributed by atoms with Crippen molar-refractivity contribution in [1.29, 1.82) is 0 Å². The van der Waals surface area contributed by atoms with Crippen LogP contribution < -0.4 is 38.5 Å². The summed E-state index contributed by atoms with van der Waals surface area (Å²) in [4.78, 5) is 74.9. The maximum Gasteiger partial charge on any atom is 0.245 e. The van der Waals surface area contributed by atoms with Gasteiger partial charge in [-0.2, -0.15) is 0 Å². The minimum absolute atomic E-state index is 0.0643. The largest absolute Gasteiger partial charge is 0.508 e. The number of hydrogen-bond acceptors (Lipinski definition) is 10. The molecule has 41 heavy (non-hydrogen) atoms. The number of carbonyl (C=O) groups excluding carboxylic acids is 6. The van der Waals surface area contributed by atoms with Gasteiger partial charge in [-0.3, -0.25) is 28.8 Å². The van der Waals surface area contributed by atoms with E-state index in [1.54, 1.807) is 6.92 Å². The first-order chi connectivity index (χ1) is 19.1. The van der Waals surface area contributed by atoms with Crippen LogP contribution in [0.25, 0.3) is 0 Å².